The predicted octanol–water partition coefficient (Wildman–Crippen LogP) is 3.19. The van der Waals surface area contributed by atoms with Gasteiger partial charge in [-0.05, 0) is 12.5 Å². The van der Waals surface area contributed by atoms with E-state index < -0.39 is 5.97 Å². The maximum atomic E-state index is 11.6. The molecule has 0 fully saturated rings. The average Bonchev–Trinajstić information content (AvgIpc) is 2.46. The molecule has 2 N–H and O–H groups in total. The Morgan fingerprint density at radius 3 is 2.65 bits per heavy atom. The van der Waals surface area contributed by atoms with Gasteiger partial charge >= 0.3 is 5.97 Å². The lowest BCUT2D eigenvalue weighted by Crippen LogP contribution is -2.09. The third-order valence-corrected chi connectivity index (χ3v) is 3.01. The number of methoxy groups -OCH3 is 1. The van der Waals surface area contributed by atoms with Crippen LogP contribution in [0.25, 0.3) is 0 Å². The molecule has 0 amide bonds. The van der Waals surface area contributed by atoms with Gasteiger partial charge in [0.25, 0.3) is 0 Å². The molecule has 1 aromatic heterocycles. The third-order valence-electron chi connectivity index (χ3n) is 3.01. The number of carbonyl (C=O) groups excluding carboxylic acids is 1. The first-order valence-electron chi connectivity index (χ1n) is 7.15. The minimum Gasteiger partial charge on any atom is -0.477 e. The molecule has 1 rings (SSSR count). The van der Waals surface area contributed by atoms with E-state index in [1.165, 1.54) is 45.1 Å². The number of carbonyl (C=O) groups is 1. The van der Waals surface area contributed by atoms with Crippen molar-refractivity contribution in [2.24, 2.45) is 0 Å². The molecule has 0 aliphatic carbocycles. The Hall–Kier alpha value is -1.78. The molecule has 0 unspecified atom stereocenters. The van der Waals surface area contributed by atoms with E-state index in [4.69, 9.17) is 10.5 Å². The summed E-state index contributed by atoms with van der Waals surface area (Å²) in [5, 5.41) is 0. The number of unbranched alkanes of at least 4 members (excludes halogenated alkanes) is 5. The van der Waals surface area contributed by atoms with Crippen LogP contribution in [0.5, 0.6) is 5.88 Å². The van der Waals surface area contributed by atoms with E-state index in [-0.39, 0.29) is 5.56 Å². The standard InChI is InChI=1S/C15H24N2O3/c1-3-4-5-6-7-8-9-20-14-13(15(18)19-2)10-12(16)11-17-14/h10-11H,3-9,16H2,1-2H3. The van der Waals surface area contributed by atoms with Crippen molar-refractivity contribution in [3.8, 4) is 5.88 Å². The van der Waals surface area contributed by atoms with Crippen LogP contribution in [-0.2, 0) is 4.74 Å². The van der Waals surface area contributed by atoms with Crippen LogP contribution in [0.4, 0.5) is 5.69 Å². The topological polar surface area (TPSA) is 74.4 Å². The van der Waals surface area contributed by atoms with E-state index in [1.807, 2.05) is 0 Å². The van der Waals surface area contributed by atoms with Gasteiger partial charge in [0.15, 0.2) is 0 Å². The van der Waals surface area contributed by atoms with Crippen LogP contribution in [0.2, 0.25) is 0 Å². The molecule has 0 saturated heterocycles. The van der Waals surface area contributed by atoms with E-state index in [9.17, 15) is 4.79 Å². The van der Waals surface area contributed by atoms with Crippen molar-refractivity contribution in [1.82, 2.24) is 4.98 Å². The van der Waals surface area contributed by atoms with Crippen LogP contribution in [0.15, 0.2) is 12.3 Å². The maximum Gasteiger partial charge on any atom is 0.343 e. The van der Waals surface area contributed by atoms with Crippen LogP contribution in [0, 0.1) is 0 Å². The van der Waals surface area contributed by atoms with Crippen molar-refractivity contribution < 1.29 is 14.3 Å². The van der Waals surface area contributed by atoms with E-state index >= 15 is 0 Å². The smallest absolute Gasteiger partial charge is 0.343 e. The number of rotatable bonds is 9. The minimum absolute atomic E-state index is 0.276. The van der Waals surface area contributed by atoms with E-state index in [0.29, 0.717) is 18.2 Å². The van der Waals surface area contributed by atoms with Gasteiger partial charge < -0.3 is 15.2 Å². The van der Waals surface area contributed by atoms with Gasteiger partial charge in [-0.15, -0.1) is 0 Å². The van der Waals surface area contributed by atoms with E-state index in [1.54, 1.807) is 0 Å². The van der Waals surface area contributed by atoms with Gasteiger partial charge in [-0.25, -0.2) is 9.78 Å². The quantitative estimate of drug-likeness (QED) is 0.555. The number of pyridine rings is 1. The molecular weight excluding hydrogens is 256 g/mol. The Labute approximate surface area is 120 Å². The van der Waals surface area contributed by atoms with Gasteiger partial charge in [0, 0.05) is 0 Å². The number of aromatic nitrogens is 1. The Morgan fingerprint density at radius 2 is 1.95 bits per heavy atom. The van der Waals surface area contributed by atoms with Crippen molar-refractivity contribution in [2.75, 3.05) is 19.5 Å². The molecule has 1 heterocycles. The van der Waals surface area contributed by atoms with E-state index in [2.05, 4.69) is 16.6 Å². The van der Waals surface area contributed by atoms with Crippen LogP contribution >= 0.6 is 0 Å². The lowest BCUT2D eigenvalue weighted by Gasteiger charge is -2.09. The summed E-state index contributed by atoms with van der Waals surface area (Å²) >= 11 is 0. The van der Waals surface area contributed by atoms with Gasteiger partial charge in [0.05, 0.1) is 25.6 Å². The summed E-state index contributed by atoms with van der Waals surface area (Å²) in [6.45, 7) is 2.75. The predicted molar refractivity (Wildman–Crippen MR) is 78.9 cm³/mol. The van der Waals surface area contributed by atoms with Crippen molar-refractivity contribution in [3.05, 3.63) is 17.8 Å². The lowest BCUT2D eigenvalue weighted by atomic mass is 10.1. The third kappa shape index (κ3) is 5.47. The molecule has 0 aliphatic rings. The first-order chi connectivity index (χ1) is 9.69. The number of nitrogen functional groups attached to an aromatic ring is 1. The summed E-state index contributed by atoms with van der Waals surface area (Å²) in [7, 11) is 1.32. The van der Waals surface area contributed by atoms with Crippen LogP contribution < -0.4 is 10.5 Å². The Balaban J connectivity index is 2.41. The lowest BCUT2D eigenvalue weighted by molar-refractivity contribution is 0.0595. The number of nitrogens with zero attached hydrogens (tertiary/aromatic N) is 1. The number of ether oxygens (including phenoxy) is 2. The van der Waals surface area contributed by atoms with Gasteiger partial charge in [0.2, 0.25) is 5.88 Å². The number of hydrogen-bond donors (Lipinski definition) is 1. The number of anilines is 1. The molecule has 112 valence electrons. The summed E-state index contributed by atoms with van der Waals surface area (Å²) < 4.78 is 10.2. The van der Waals surface area contributed by atoms with Gasteiger partial charge in [-0.3, -0.25) is 0 Å². The zero-order chi connectivity index (χ0) is 14.8. The molecule has 0 aliphatic heterocycles. The fourth-order valence-corrected chi connectivity index (χ4v) is 1.89. The molecule has 1 aromatic rings. The molecule has 5 nitrogen and oxygen atoms in total. The van der Waals surface area contributed by atoms with Gasteiger partial charge in [-0.2, -0.15) is 0 Å². The molecule has 5 heteroatoms. The fraction of sp³-hybridized carbons (Fsp3) is 0.600. The zero-order valence-electron chi connectivity index (χ0n) is 12.4. The Morgan fingerprint density at radius 1 is 1.25 bits per heavy atom. The maximum absolute atomic E-state index is 11.6. The molecule has 0 spiro atoms. The molecule has 0 saturated carbocycles. The number of hydrogen-bond acceptors (Lipinski definition) is 5. The van der Waals surface area contributed by atoms with Crippen LogP contribution in [0.1, 0.15) is 55.8 Å². The monoisotopic (exact) mass is 280 g/mol. The van der Waals surface area contributed by atoms with Gasteiger partial charge in [0.1, 0.15) is 5.56 Å². The second-order valence-corrected chi connectivity index (χ2v) is 4.73. The van der Waals surface area contributed by atoms with Crippen molar-refractivity contribution in [3.63, 3.8) is 0 Å². The summed E-state index contributed by atoms with van der Waals surface area (Å²) in [6, 6.07) is 1.52. The highest BCUT2D eigenvalue weighted by molar-refractivity contribution is 5.92. The molecule has 0 aromatic carbocycles. The zero-order valence-corrected chi connectivity index (χ0v) is 12.4. The fourth-order valence-electron chi connectivity index (χ4n) is 1.89. The van der Waals surface area contributed by atoms with Crippen LogP contribution in [-0.4, -0.2) is 24.7 Å². The summed E-state index contributed by atoms with van der Waals surface area (Å²) in [4.78, 5) is 15.6. The molecule has 0 bridgehead atoms. The first-order valence-corrected chi connectivity index (χ1v) is 7.15. The van der Waals surface area contributed by atoms with Crippen molar-refractivity contribution in [1.29, 1.82) is 0 Å². The SMILES string of the molecule is CCCCCCCCOc1ncc(N)cc1C(=O)OC. The van der Waals surface area contributed by atoms with Crippen molar-refractivity contribution >= 4 is 11.7 Å². The minimum atomic E-state index is -0.484. The Bertz CT molecular complexity index is 422. The summed E-state index contributed by atoms with van der Waals surface area (Å²) in [5.41, 5.74) is 6.31. The molecule has 20 heavy (non-hydrogen) atoms. The largest absolute Gasteiger partial charge is 0.477 e. The highest BCUT2D eigenvalue weighted by Gasteiger charge is 2.14. The number of nitrogens with two attached hydrogens (primary N) is 1. The highest BCUT2D eigenvalue weighted by atomic mass is 16.5. The molecular formula is C15H24N2O3. The first kappa shape index (κ1) is 16.3. The second-order valence-electron chi connectivity index (χ2n) is 4.73. The molecule has 0 radical (unpaired) electrons. The van der Waals surface area contributed by atoms with Gasteiger partial charge in [-0.1, -0.05) is 39.0 Å². The average molecular weight is 280 g/mol. The summed E-state index contributed by atoms with van der Waals surface area (Å²) in [6.07, 6.45) is 8.57. The highest BCUT2D eigenvalue weighted by Crippen LogP contribution is 2.19. The normalized spacial score (nSPS) is 10.3. The molecule has 0 atom stereocenters. The number of esters is 1. The second kappa shape index (κ2) is 9.18. The van der Waals surface area contributed by atoms with Crippen LogP contribution in [0.3, 0.4) is 0 Å². The van der Waals surface area contributed by atoms with Crippen molar-refractivity contribution in [2.45, 2.75) is 45.4 Å². The Kier molecular flexibility index (Phi) is 7.47. The summed E-state index contributed by atoms with van der Waals surface area (Å²) in [5.74, 6) is -0.192. The van der Waals surface area contributed by atoms with E-state index in [0.717, 1.165) is 12.8 Å².